The molecule has 0 aromatic heterocycles. The van der Waals surface area contributed by atoms with Gasteiger partial charge in [0.15, 0.2) is 0 Å². The topological polar surface area (TPSA) is 0 Å². The molecule has 2 heteroatoms. The van der Waals surface area contributed by atoms with Gasteiger partial charge in [-0.3, -0.25) is 0 Å². The standard InChI is InChI=1S/C9H14Cl2/c1-4-7(3)6-9(11)8(10)5-2/h6H,4-5H2,1-3H3/b7-6-,9-8-. The van der Waals surface area contributed by atoms with Gasteiger partial charge in [0.1, 0.15) is 0 Å². The molecule has 0 amide bonds. The molecule has 0 rings (SSSR count). The largest absolute Gasteiger partial charge is 0.0875 e. The van der Waals surface area contributed by atoms with Crippen LogP contribution in [-0.2, 0) is 0 Å². The van der Waals surface area contributed by atoms with Gasteiger partial charge in [-0.05, 0) is 25.8 Å². The number of hydrogen-bond donors (Lipinski definition) is 0. The lowest BCUT2D eigenvalue weighted by molar-refractivity contribution is 1.09. The third kappa shape index (κ3) is 4.49. The third-order valence-corrected chi connectivity index (χ3v) is 2.41. The number of halogens is 2. The fraction of sp³-hybridized carbons (Fsp3) is 0.556. The first-order chi connectivity index (χ1) is 5.11. The molecule has 0 unspecified atom stereocenters. The molecule has 0 aliphatic carbocycles. The van der Waals surface area contributed by atoms with Gasteiger partial charge in [0, 0.05) is 5.03 Å². The van der Waals surface area contributed by atoms with Gasteiger partial charge < -0.3 is 0 Å². The zero-order valence-corrected chi connectivity index (χ0v) is 8.76. The third-order valence-electron chi connectivity index (χ3n) is 1.50. The van der Waals surface area contributed by atoms with Crippen LogP contribution in [0.2, 0.25) is 0 Å². The summed E-state index contributed by atoms with van der Waals surface area (Å²) in [5.74, 6) is 0. The highest BCUT2D eigenvalue weighted by molar-refractivity contribution is 6.40. The predicted octanol–water partition coefficient (Wildman–Crippen LogP) is 4.44. The van der Waals surface area contributed by atoms with E-state index >= 15 is 0 Å². The van der Waals surface area contributed by atoms with Crippen molar-refractivity contribution in [3.8, 4) is 0 Å². The Morgan fingerprint density at radius 2 is 1.73 bits per heavy atom. The highest BCUT2D eigenvalue weighted by atomic mass is 35.5. The monoisotopic (exact) mass is 192 g/mol. The highest BCUT2D eigenvalue weighted by Crippen LogP contribution is 2.19. The molecule has 0 N–H and O–H groups in total. The Bertz CT molecular complexity index is 178. The molecule has 0 atom stereocenters. The van der Waals surface area contributed by atoms with E-state index in [9.17, 15) is 0 Å². The van der Waals surface area contributed by atoms with Crippen molar-refractivity contribution in [1.29, 1.82) is 0 Å². The summed E-state index contributed by atoms with van der Waals surface area (Å²) in [6.07, 6.45) is 3.74. The van der Waals surface area contributed by atoms with Crippen LogP contribution < -0.4 is 0 Å². The van der Waals surface area contributed by atoms with Gasteiger partial charge in [0.25, 0.3) is 0 Å². The summed E-state index contributed by atoms with van der Waals surface area (Å²) in [6.45, 7) is 6.12. The molecule has 0 spiro atoms. The molecule has 0 saturated heterocycles. The van der Waals surface area contributed by atoms with Crippen molar-refractivity contribution in [1.82, 2.24) is 0 Å². The first-order valence-corrected chi connectivity index (χ1v) is 4.58. The summed E-state index contributed by atoms with van der Waals surface area (Å²) in [4.78, 5) is 0. The van der Waals surface area contributed by atoms with E-state index in [0.717, 1.165) is 17.9 Å². The smallest absolute Gasteiger partial charge is 0.0550 e. The van der Waals surface area contributed by atoms with Crippen molar-refractivity contribution in [2.45, 2.75) is 33.6 Å². The van der Waals surface area contributed by atoms with Crippen molar-refractivity contribution < 1.29 is 0 Å². The first kappa shape index (κ1) is 11.1. The van der Waals surface area contributed by atoms with Gasteiger partial charge in [0.05, 0.1) is 5.03 Å². The number of allylic oxidation sites excluding steroid dienone is 4. The van der Waals surface area contributed by atoms with E-state index in [-0.39, 0.29) is 0 Å². The van der Waals surface area contributed by atoms with Crippen LogP contribution in [0.1, 0.15) is 33.6 Å². The van der Waals surface area contributed by atoms with Gasteiger partial charge in [-0.15, -0.1) is 0 Å². The van der Waals surface area contributed by atoms with Crippen LogP contribution in [-0.4, -0.2) is 0 Å². The molecule has 0 fully saturated rings. The van der Waals surface area contributed by atoms with Gasteiger partial charge in [-0.2, -0.15) is 0 Å². The maximum Gasteiger partial charge on any atom is 0.0550 e. The minimum atomic E-state index is 0.675. The fourth-order valence-electron chi connectivity index (χ4n) is 0.566. The van der Waals surface area contributed by atoms with Crippen LogP contribution >= 0.6 is 23.2 Å². The van der Waals surface area contributed by atoms with Gasteiger partial charge in [-0.25, -0.2) is 0 Å². The summed E-state index contributed by atoms with van der Waals surface area (Å²) < 4.78 is 0. The van der Waals surface area contributed by atoms with Crippen LogP contribution in [0, 0.1) is 0 Å². The summed E-state index contributed by atoms with van der Waals surface area (Å²) in [7, 11) is 0. The van der Waals surface area contributed by atoms with Crippen LogP contribution in [0.3, 0.4) is 0 Å². The Balaban J connectivity index is 4.37. The average molecular weight is 193 g/mol. The van der Waals surface area contributed by atoms with Crippen LogP contribution in [0.25, 0.3) is 0 Å². The van der Waals surface area contributed by atoms with Crippen LogP contribution in [0.4, 0.5) is 0 Å². The highest BCUT2D eigenvalue weighted by Gasteiger charge is 1.95. The normalized spacial score (nSPS) is 14.8. The molecular weight excluding hydrogens is 179 g/mol. The van der Waals surface area contributed by atoms with E-state index in [0.29, 0.717) is 5.03 Å². The Labute approximate surface area is 78.9 Å². The van der Waals surface area contributed by atoms with Gasteiger partial charge in [-0.1, -0.05) is 42.6 Å². The van der Waals surface area contributed by atoms with E-state index in [1.165, 1.54) is 5.57 Å². The quantitative estimate of drug-likeness (QED) is 0.581. The average Bonchev–Trinajstić information content (AvgIpc) is 2.02. The maximum absolute atomic E-state index is 5.88. The first-order valence-electron chi connectivity index (χ1n) is 3.83. The molecule has 0 heterocycles. The number of rotatable bonds is 3. The Hall–Kier alpha value is 0.0600. The summed E-state index contributed by atoms with van der Waals surface area (Å²) in [5.41, 5.74) is 1.25. The lowest BCUT2D eigenvalue weighted by Gasteiger charge is -1.97. The fourth-order valence-corrected chi connectivity index (χ4v) is 0.940. The molecule has 64 valence electrons. The van der Waals surface area contributed by atoms with Crippen molar-refractivity contribution >= 4 is 23.2 Å². The number of hydrogen-bond acceptors (Lipinski definition) is 0. The molecule has 0 aliphatic heterocycles. The second kappa shape index (κ2) is 5.68. The SMILES string of the molecule is CC/C(C)=C\C(Cl)=C(\Cl)CC. The molecule has 0 nitrogen and oxygen atoms in total. The van der Waals surface area contributed by atoms with Crippen molar-refractivity contribution in [2.24, 2.45) is 0 Å². The molecule has 0 saturated carbocycles. The molecule has 0 aromatic rings. The summed E-state index contributed by atoms with van der Waals surface area (Å²) >= 11 is 11.7. The molecule has 11 heavy (non-hydrogen) atoms. The van der Waals surface area contributed by atoms with E-state index in [4.69, 9.17) is 23.2 Å². The molecule has 0 bridgehead atoms. The second-order valence-corrected chi connectivity index (χ2v) is 3.31. The van der Waals surface area contributed by atoms with Crippen LogP contribution in [0.15, 0.2) is 21.7 Å². The zero-order valence-electron chi connectivity index (χ0n) is 7.25. The molecule has 0 aromatic carbocycles. The minimum absolute atomic E-state index is 0.675. The van der Waals surface area contributed by atoms with E-state index in [2.05, 4.69) is 6.92 Å². The minimum Gasteiger partial charge on any atom is -0.0875 e. The van der Waals surface area contributed by atoms with Crippen molar-refractivity contribution in [3.05, 3.63) is 21.7 Å². The maximum atomic E-state index is 5.88. The summed E-state index contributed by atoms with van der Waals surface area (Å²) in [6, 6.07) is 0. The summed E-state index contributed by atoms with van der Waals surface area (Å²) in [5, 5.41) is 1.41. The van der Waals surface area contributed by atoms with Crippen LogP contribution in [0.5, 0.6) is 0 Å². The lowest BCUT2D eigenvalue weighted by atomic mass is 10.2. The Morgan fingerprint density at radius 1 is 1.18 bits per heavy atom. The zero-order chi connectivity index (χ0) is 8.85. The van der Waals surface area contributed by atoms with Crippen molar-refractivity contribution in [2.75, 3.05) is 0 Å². The van der Waals surface area contributed by atoms with Gasteiger partial charge in [0.2, 0.25) is 0 Å². The molecular formula is C9H14Cl2. The molecule has 0 radical (unpaired) electrons. The second-order valence-electron chi connectivity index (χ2n) is 2.45. The van der Waals surface area contributed by atoms with Gasteiger partial charge >= 0.3 is 0 Å². The van der Waals surface area contributed by atoms with E-state index in [1.54, 1.807) is 0 Å². The molecule has 0 aliphatic rings. The van der Waals surface area contributed by atoms with E-state index < -0.39 is 0 Å². The Morgan fingerprint density at radius 3 is 2.09 bits per heavy atom. The van der Waals surface area contributed by atoms with E-state index in [1.807, 2.05) is 19.9 Å². The lowest BCUT2D eigenvalue weighted by Crippen LogP contribution is -1.76. The predicted molar refractivity (Wildman–Crippen MR) is 53.1 cm³/mol. The Kier molecular flexibility index (Phi) is 5.71. The van der Waals surface area contributed by atoms with Crippen molar-refractivity contribution in [3.63, 3.8) is 0 Å².